The van der Waals surface area contributed by atoms with Crippen LogP contribution >= 0.6 is 11.3 Å². The van der Waals surface area contributed by atoms with E-state index in [4.69, 9.17) is 4.74 Å². The Morgan fingerprint density at radius 2 is 1.87 bits per heavy atom. The Kier molecular flexibility index (Phi) is 6.75. The molecule has 2 aliphatic rings. The topological polar surface area (TPSA) is 68.3 Å². The van der Waals surface area contributed by atoms with E-state index in [-0.39, 0.29) is 41.8 Å². The van der Waals surface area contributed by atoms with E-state index in [1.54, 1.807) is 6.92 Å². The van der Waals surface area contributed by atoms with Crippen LogP contribution in [0.5, 0.6) is 0 Å². The molecular weight excluding hydrogens is 527 g/mol. The van der Waals surface area contributed by atoms with Gasteiger partial charge in [-0.1, -0.05) is 12.5 Å². The third kappa shape index (κ3) is 4.79. The standard InChI is InChI=1S/C27H23F5N2O3S/c1-2-37-24(35)17-11-16(12-20(29)22(17)21-13-33-23(38-21)14-4-3-5-14)34-25(36)26(8-9-26)18-7-6-15(10-19(18)28)27(30,31)32/h6-7,10-14H,2-5,8-9H2,1H3,(H,34,36). The maximum atomic E-state index is 15.5. The zero-order valence-corrected chi connectivity index (χ0v) is 21.1. The molecule has 0 saturated heterocycles. The Bertz CT molecular complexity index is 1410. The van der Waals surface area contributed by atoms with Crippen LogP contribution < -0.4 is 5.32 Å². The van der Waals surface area contributed by atoms with Crippen molar-refractivity contribution in [2.45, 2.75) is 56.5 Å². The van der Waals surface area contributed by atoms with Crippen molar-refractivity contribution >= 4 is 28.9 Å². The molecule has 200 valence electrons. The SMILES string of the molecule is CCOC(=O)c1cc(NC(=O)C2(c3ccc(C(F)(F)F)cc3F)CC2)cc(F)c1-c1cnc(C2CCC2)s1. The van der Waals surface area contributed by atoms with Crippen molar-refractivity contribution in [2.24, 2.45) is 0 Å². The lowest BCUT2D eigenvalue weighted by Gasteiger charge is -2.22. The van der Waals surface area contributed by atoms with Gasteiger partial charge in [0.25, 0.3) is 0 Å². The van der Waals surface area contributed by atoms with Crippen LogP contribution in [-0.4, -0.2) is 23.5 Å². The number of carbonyl (C=O) groups excluding carboxylic acids is 2. The van der Waals surface area contributed by atoms with Crippen molar-refractivity contribution < 1.29 is 36.3 Å². The summed E-state index contributed by atoms with van der Waals surface area (Å²) in [4.78, 5) is 30.8. The zero-order chi connectivity index (χ0) is 27.2. The first-order chi connectivity index (χ1) is 18.0. The second-order valence-corrected chi connectivity index (χ2v) is 10.6. The van der Waals surface area contributed by atoms with Crippen LogP contribution in [0.2, 0.25) is 0 Å². The molecule has 2 aliphatic carbocycles. The first kappa shape index (κ1) is 26.3. The fraction of sp³-hybridized carbons (Fsp3) is 0.370. The Hall–Kier alpha value is -3.34. The number of esters is 1. The van der Waals surface area contributed by atoms with Crippen LogP contribution in [0.1, 0.15) is 71.4 Å². The van der Waals surface area contributed by atoms with Crippen molar-refractivity contribution in [1.82, 2.24) is 4.98 Å². The molecule has 0 radical (unpaired) electrons. The number of rotatable bonds is 7. The number of thiazole rings is 1. The van der Waals surface area contributed by atoms with Crippen molar-refractivity contribution in [3.05, 3.63) is 69.9 Å². The summed E-state index contributed by atoms with van der Waals surface area (Å²) >= 11 is 1.30. The van der Waals surface area contributed by atoms with Crippen molar-refractivity contribution in [3.8, 4) is 10.4 Å². The quantitative estimate of drug-likeness (QED) is 0.249. The van der Waals surface area contributed by atoms with Gasteiger partial charge in [0.2, 0.25) is 5.91 Å². The van der Waals surface area contributed by atoms with Gasteiger partial charge in [0, 0.05) is 28.9 Å². The van der Waals surface area contributed by atoms with E-state index in [1.807, 2.05) is 0 Å². The van der Waals surface area contributed by atoms with E-state index in [0.717, 1.165) is 42.5 Å². The summed E-state index contributed by atoms with van der Waals surface area (Å²) in [6.07, 6.45) is 0.323. The Morgan fingerprint density at radius 1 is 1.13 bits per heavy atom. The number of nitrogens with one attached hydrogen (secondary N) is 1. The summed E-state index contributed by atoms with van der Waals surface area (Å²) in [5.41, 5.74) is -2.85. The van der Waals surface area contributed by atoms with Gasteiger partial charge in [-0.3, -0.25) is 4.79 Å². The normalized spacial score (nSPS) is 16.6. The van der Waals surface area contributed by atoms with Crippen LogP contribution in [0, 0.1) is 11.6 Å². The van der Waals surface area contributed by atoms with E-state index in [1.165, 1.54) is 23.6 Å². The summed E-state index contributed by atoms with van der Waals surface area (Å²) in [6.45, 7) is 1.65. The molecule has 3 aromatic rings. The van der Waals surface area contributed by atoms with E-state index in [9.17, 15) is 27.2 Å². The highest BCUT2D eigenvalue weighted by Crippen LogP contribution is 2.51. The number of carbonyl (C=O) groups is 2. The summed E-state index contributed by atoms with van der Waals surface area (Å²) in [5.74, 6) is -3.09. The lowest BCUT2D eigenvalue weighted by Crippen LogP contribution is -2.29. The molecule has 2 fully saturated rings. The Morgan fingerprint density at radius 3 is 2.45 bits per heavy atom. The highest BCUT2D eigenvalue weighted by atomic mass is 32.1. The van der Waals surface area contributed by atoms with Crippen molar-refractivity contribution in [3.63, 3.8) is 0 Å². The number of aromatic nitrogens is 1. The molecule has 0 aliphatic heterocycles. The average molecular weight is 551 g/mol. The van der Waals surface area contributed by atoms with Crippen LogP contribution in [0.4, 0.5) is 27.6 Å². The molecule has 2 aromatic carbocycles. The number of hydrogen-bond donors (Lipinski definition) is 1. The second kappa shape index (κ2) is 9.76. The maximum absolute atomic E-state index is 15.5. The predicted octanol–water partition coefficient (Wildman–Crippen LogP) is 7.22. The molecule has 1 amide bonds. The molecule has 0 unspecified atom stereocenters. The molecule has 1 N–H and O–H groups in total. The fourth-order valence-electron chi connectivity index (χ4n) is 4.62. The van der Waals surface area contributed by atoms with E-state index >= 15 is 4.39 Å². The summed E-state index contributed by atoms with van der Waals surface area (Å²) in [5, 5.41) is 3.39. The lowest BCUT2D eigenvalue weighted by molar-refractivity contribution is -0.137. The number of anilines is 1. The number of halogens is 5. The lowest BCUT2D eigenvalue weighted by atomic mass is 9.86. The molecule has 2 saturated carbocycles. The molecule has 11 heteroatoms. The first-order valence-electron chi connectivity index (χ1n) is 12.2. The molecule has 5 rings (SSSR count). The first-order valence-corrected chi connectivity index (χ1v) is 13.0. The molecule has 5 nitrogen and oxygen atoms in total. The monoisotopic (exact) mass is 550 g/mol. The maximum Gasteiger partial charge on any atom is 0.416 e. The van der Waals surface area contributed by atoms with Gasteiger partial charge in [-0.05, 0) is 56.9 Å². The van der Waals surface area contributed by atoms with Crippen LogP contribution in [-0.2, 0) is 21.1 Å². The van der Waals surface area contributed by atoms with E-state index < -0.39 is 40.7 Å². The smallest absolute Gasteiger partial charge is 0.416 e. The molecule has 0 bridgehead atoms. The van der Waals surface area contributed by atoms with Gasteiger partial charge < -0.3 is 10.1 Å². The third-order valence-corrected chi connectivity index (χ3v) is 8.24. The fourth-order valence-corrected chi connectivity index (χ4v) is 5.77. The molecule has 0 spiro atoms. The van der Waals surface area contributed by atoms with Crippen molar-refractivity contribution in [1.29, 1.82) is 0 Å². The van der Waals surface area contributed by atoms with Crippen LogP contribution in [0.25, 0.3) is 10.4 Å². The van der Waals surface area contributed by atoms with Gasteiger partial charge in [0.15, 0.2) is 0 Å². The minimum Gasteiger partial charge on any atom is -0.462 e. The summed E-state index contributed by atoms with van der Waals surface area (Å²) < 4.78 is 74.1. The number of hydrogen-bond acceptors (Lipinski definition) is 5. The van der Waals surface area contributed by atoms with Gasteiger partial charge in [-0.15, -0.1) is 11.3 Å². The minimum atomic E-state index is -4.72. The number of ether oxygens (including phenoxy) is 1. The number of nitrogens with zero attached hydrogens (tertiary/aromatic N) is 1. The van der Waals surface area contributed by atoms with E-state index in [0.29, 0.717) is 16.9 Å². The molecule has 1 heterocycles. The van der Waals surface area contributed by atoms with E-state index in [2.05, 4.69) is 10.3 Å². The Labute approximate surface area is 219 Å². The van der Waals surface area contributed by atoms with Crippen LogP contribution in [0.3, 0.4) is 0 Å². The van der Waals surface area contributed by atoms with Crippen molar-refractivity contribution in [2.75, 3.05) is 11.9 Å². The zero-order valence-electron chi connectivity index (χ0n) is 20.3. The average Bonchev–Trinajstić information content (AvgIpc) is 3.49. The molecule has 0 atom stereocenters. The minimum absolute atomic E-state index is 0.0134. The largest absolute Gasteiger partial charge is 0.462 e. The summed E-state index contributed by atoms with van der Waals surface area (Å²) in [7, 11) is 0. The predicted molar refractivity (Wildman–Crippen MR) is 131 cm³/mol. The number of amides is 1. The van der Waals surface area contributed by atoms with Gasteiger partial charge in [0.1, 0.15) is 11.6 Å². The third-order valence-electron chi connectivity index (χ3n) is 7.06. The molecular formula is C27H23F5N2O3S. The summed E-state index contributed by atoms with van der Waals surface area (Å²) in [6, 6.07) is 4.39. The van der Waals surface area contributed by atoms with Gasteiger partial charge >= 0.3 is 12.1 Å². The van der Waals surface area contributed by atoms with Crippen LogP contribution in [0.15, 0.2) is 36.5 Å². The van der Waals surface area contributed by atoms with Gasteiger partial charge in [-0.2, -0.15) is 13.2 Å². The number of benzene rings is 2. The highest BCUT2D eigenvalue weighted by Gasteiger charge is 2.53. The molecule has 38 heavy (non-hydrogen) atoms. The Balaban J connectivity index is 1.45. The number of alkyl halides is 3. The second-order valence-electron chi connectivity index (χ2n) is 9.52. The molecule has 1 aromatic heterocycles. The van der Waals surface area contributed by atoms with Gasteiger partial charge in [-0.25, -0.2) is 18.6 Å². The highest BCUT2D eigenvalue weighted by molar-refractivity contribution is 7.15. The van der Waals surface area contributed by atoms with Gasteiger partial charge in [0.05, 0.1) is 33.0 Å².